The van der Waals surface area contributed by atoms with Gasteiger partial charge in [0.1, 0.15) is 0 Å². The van der Waals surface area contributed by atoms with Gasteiger partial charge < -0.3 is 14.6 Å². The second-order valence-corrected chi connectivity index (χ2v) is 8.78. The van der Waals surface area contributed by atoms with Crippen LogP contribution in [-0.4, -0.2) is 58.1 Å². The van der Waals surface area contributed by atoms with Gasteiger partial charge in [0.15, 0.2) is 0 Å². The number of carbonyl (C=O) groups is 1. The van der Waals surface area contributed by atoms with Gasteiger partial charge in [-0.2, -0.15) is 5.26 Å². The van der Waals surface area contributed by atoms with Crippen molar-refractivity contribution in [1.29, 1.82) is 5.26 Å². The third-order valence-corrected chi connectivity index (χ3v) is 4.97. The fraction of sp³-hybridized carbons (Fsp3) is 0.500. The van der Waals surface area contributed by atoms with Crippen molar-refractivity contribution in [2.75, 3.05) is 26.2 Å². The van der Waals surface area contributed by atoms with Crippen molar-refractivity contribution in [1.82, 2.24) is 19.8 Å². The Kier molecular flexibility index (Phi) is 6.55. The quantitative estimate of drug-likeness (QED) is 0.840. The fourth-order valence-corrected chi connectivity index (χ4v) is 3.41. The van der Waals surface area contributed by atoms with Crippen LogP contribution in [0.2, 0.25) is 0 Å². The number of nitrogens with zero attached hydrogens (tertiary/aromatic N) is 4. The monoisotopic (exact) mass is 395 g/mol. The van der Waals surface area contributed by atoms with Crippen molar-refractivity contribution < 1.29 is 9.53 Å². The van der Waals surface area contributed by atoms with Crippen molar-refractivity contribution >= 4 is 6.09 Å². The lowest BCUT2D eigenvalue weighted by Gasteiger charge is -2.41. The third-order valence-electron chi connectivity index (χ3n) is 4.97. The van der Waals surface area contributed by atoms with E-state index in [4.69, 9.17) is 10.00 Å². The van der Waals surface area contributed by atoms with Crippen molar-refractivity contribution in [3.63, 3.8) is 0 Å². The average molecular weight is 396 g/mol. The first-order chi connectivity index (χ1) is 13.8. The van der Waals surface area contributed by atoms with Crippen LogP contribution >= 0.6 is 0 Å². The first-order valence-electron chi connectivity index (χ1n) is 9.96. The highest BCUT2D eigenvalue weighted by Gasteiger charge is 2.31. The lowest BCUT2D eigenvalue weighted by atomic mass is 9.99. The van der Waals surface area contributed by atoms with Crippen LogP contribution in [0.15, 0.2) is 36.8 Å². The van der Waals surface area contributed by atoms with Gasteiger partial charge in [0.25, 0.3) is 0 Å². The summed E-state index contributed by atoms with van der Waals surface area (Å²) in [5, 5.41) is 9.01. The van der Waals surface area contributed by atoms with E-state index in [2.05, 4.69) is 41.7 Å². The molecule has 29 heavy (non-hydrogen) atoms. The molecule has 1 atom stereocenters. The molecule has 1 aromatic heterocycles. The molecule has 1 unspecified atom stereocenters. The van der Waals surface area contributed by atoms with Crippen molar-refractivity contribution in [2.24, 2.45) is 5.41 Å². The molecule has 0 bridgehead atoms. The minimum atomic E-state index is -0.244. The number of aromatic amines is 1. The molecule has 0 aliphatic carbocycles. The minimum absolute atomic E-state index is 0.0556. The molecule has 2 heterocycles. The highest BCUT2D eigenvalue weighted by Crippen LogP contribution is 2.20. The van der Waals surface area contributed by atoms with Gasteiger partial charge >= 0.3 is 6.09 Å². The van der Waals surface area contributed by atoms with E-state index in [-0.39, 0.29) is 17.6 Å². The fourth-order valence-electron chi connectivity index (χ4n) is 3.41. The lowest BCUT2D eigenvalue weighted by molar-refractivity contribution is 0.0333. The molecule has 7 nitrogen and oxygen atoms in total. The van der Waals surface area contributed by atoms with Crippen LogP contribution in [-0.2, 0) is 17.7 Å². The van der Waals surface area contributed by atoms with E-state index in [0.29, 0.717) is 25.3 Å². The summed E-state index contributed by atoms with van der Waals surface area (Å²) in [7, 11) is 0. The molecule has 154 valence electrons. The summed E-state index contributed by atoms with van der Waals surface area (Å²) in [6.07, 6.45) is 4.07. The molecule has 1 aromatic carbocycles. The van der Waals surface area contributed by atoms with Gasteiger partial charge in [0.05, 0.1) is 24.6 Å². The number of ether oxygens (including phenoxy) is 1. The predicted molar refractivity (Wildman–Crippen MR) is 110 cm³/mol. The lowest BCUT2D eigenvalue weighted by Crippen LogP contribution is -2.55. The molecule has 1 aliphatic rings. The van der Waals surface area contributed by atoms with Crippen molar-refractivity contribution in [3.8, 4) is 6.07 Å². The van der Waals surface area contributed by atoms with Crippen LogP contribution in [0.5, 0.6) is 0 Å². The van der Waals surface area contributed by atoms with E-state index in [1.807, 2.05) is 35.4 Å². The SMILES string of the molecule is CC(C)(C)COC(=O)N1CCN(Cc2cnc[nH]2)C(Cc2ccc(C#N)cc2)C1. The topological polar surface area (TPSA) is 85.2 Å². The summed E-state index contributed by atoms with van der Waals surface area (Å²) < 4.78 is 5.53. The number of H-pyrrole nitrogens is 1. The van der Waals surface area contributed by atoms with Gasteiger partial charge in [-0.1, -0.05) is 32.9 Å². The van der Waals surface area contributed by atoms with Gasteiger partial charge in [0.2, 0.25) is 0 Å². The second-order valence-electron chi connectivity index (χ2n) is 8.78. The first-order valence-corrected chi connectivity index (χ1v) is 9.96. The Labute approximate surface area is 172 Å². The Morgan fingerprint density at radius 3 is 2.69 bits per heavy atom. The van der Waals surface area contributed by atoms with E-state index in [1.54, 1.807) is 6.33 Å². The number of amides is 1. The number of hydrogen-bond donors (Lipinski definition) is 1. The average Bonchev–Trinajstić information content (AvgIpc) is 3.20. The smallest absolute Gasteiger partial charge is 0.409 e. The molecule has 3 rings (SSSR count). The standard InChI is InChI=1S/C22H29N5O2/c1-22(2,3)15-29-21(28)27-9-8-26(13-19-12-24-16-25-19)20(14-27)10-17-4-6-18(11-23)7-5-17/h4-7,12,16,20H,8-10,13-15H2,1-3H3,(H,24,25). The normalized spacial score (nSPS) is 17.7. The minimum Gasteiger partial charge on any atom is -0.449 e. The maximum Gasteiger partial charge on any atom is 0.409 e. The Balaban J connectivity index is 1.69. The zero-order valence-corrected chi connectivity index (χ0v) is 17.4. The van der Waals surface area contributed by atoms with Crippen molar-refractivity contribution in [3.05, 3.63) is 53.6 Å². The molecule has 1 aliphatic heterocycles. The molecule has 1 amide bonds. The molecular weight excluding hydrogens is 366 g/mol. The van der Waals surface area contributed by atoms with Crippen LogP contribution < -0.4 is 0 Å². The largest absolute Gasteiger partial charge is 0.449 e. The number of carbonyl (C=O) groups excluding carboxylic acids is 1. The number of benzene rings is 1. The van der Waals surface area contributed by atoms with E-state index in [0.717, 1.165) is 30.8 Å². The van der Waals surface area contributed by atoms with E-state index >= 15 is 0 Å². The van der Waals surface area contributed by atoms with Gasteiger partial charge in [-0.15, -0.1) is 0 Å². The van der Waals surface area contributed by atoms with Gasteiger partial charge in [-0.05, 0) is 29.5 Å². The summed E-state index contributed by atoms with van der Waals surface area (Å²) in [5.41, 5.74) is 2.80. The highest BCUT2D eigenvalue weighted by molar-refractivity contribution is 5.67. The van der Waals surface area contributed by atoms with Crippen LogP contribution in [0.3, 0.4) is 0 Å². The third kappa shape index (κ3) is 6.06. The molecule has 7 heteroatoms. The Morgan fingerprint density at radius 2 is 2.07 bits per heavy atom. The van der Waals surface area contributed by atoms with E-state index < -0.39 is 0 Å². The number of nitriles is 1. The zero-order chi connectivity index (χ0) is 20.9. The molecule has 0 radical (unpaired) electrons. The number of nitrogens with one attached hydrogen (secondary N) is 1. The predicted octanol–water partition coefficient (Wildman–Crippen LogP) is 3.19. The summed E-state index contributed by atoms with van der Waals surface area (Å²) in [5.74, 6) is 0. The molecular formula is C22H29N5O2. The Morgan fingerprint density at radius 1 is 1.31 bits per heavy atom. The van der Waals surface area contributed by atoms with Gasteiger partial charge in [0, 0.05) is 44.1 Å². The number of imidazole rings is 1. The molecule has 1 N–H and O–H groups in total. The molecule has 1 saturated heterocycles. The Bertz CT molecular complexity index is 834. The van der Waals surface area contributed by atoms with E-state index in [9.17, 15) is 4.79 Å². The maximum absolute atomic E-state index is 12.6. The van der Waals surface area contributed by atoms with Crippen LogP contribution in [0.1, 0.15) is 37.6 Å². The molecule has 1 fully saturated rings. The van der Waals surface area contributed by atoms with Gasteiger partial charge in [-0.3, -0.25) is 4.90 Å². The van der Waals surface area contributed by atoms with Crippen LogP contribution in [0.4, 0.5) is 4.79 Å². The summed E-state index contributed by atoms with van der Waals surface area (Å²) in [6.45, 7) is 9.33. The Hall–Kier alpha value is -2.85. The number of piperazine rings is 1. The first kappa shape index (κ1) is 20.9. The molecule has 0 saturated carbocycles. The zero-order valence-electron chi connectivity index (χ0n) is 17.4. The number of hydrogen-bond acceptors (Lipinski definition) is 5. The summed E-state index contributed by atoms with van der Waals surface area (Å²) >= 11 is 0. The van der Waals surface area contributed by atoms with Crippen LogP contribution in [0, 0.1) is 16.7 Å². The second kappa shape index (κ2) is 9.10. The maximum atomic E-state index is 12.6. The summed E-state index contributed by atoms with van der Waals surface area (Å²) in [6, 6.07) is 9.97. The molecule has 0 spiro atoms. The highest BCUT2D eigenvalue weighted by atomic mass is 16.6. The number of rotatable bonds is 5. The molecule has 2 aromatic rings. The van der Waals surface area contributed by atoms with Gasteiger partial charge in [-0.25, -0.2) is 9.78 Å². The van der Waals surface area contributed by atoms with Crippen molar-refractivity contribution in [2.45, 2.75) is 39.8 Å². The van der Waals surface area contributed by atoms with Crippen LogP contribution in [0.25, 0.3) is 0 Å². The van der Waals surface area contributed by atoms with E-state index in [1.165, 1.54) is 0 Å². The summed E-state index contributed by atoms with van der Waals surface area (Å²) in [4.78, 5) is 24.0. The number of aromatic nitrogens is 2.